The summed E-state index contributed by atoms with van der Waals surface area (Å²) in [7, 11) is 0. The molecule has 0 fully saturated rings. The lowest BCUT2D eigenvalue weighted by Crippen LogP contribution is -2.15. The Kier molecular flexibility index (Phi) is 4.89. The molecule has 0 amide bonds. The monoisotopic (exact) mass is 250 g/mol. The van der Waals surface area contributed by atoms with Crippen LogP contribution in [-0.2, 0) is 19.1 Å². The second kappa shape index (κ2) is 6.19. The molecule has 18 heavy (non-hydrogen) atoms. The Hall–Kier alpha value is -1.84. The highest BCUT2D eigenvalue weighted by Gasteiger charge is 2.17. The lowest BCUT2D eigenvalue weighted by atomic mass is 10.0. The summed E-state index contributed by atoms with van der Waals surface area (Å²) in [5.41, 5.74) is 1.81. The van der Waals surface area contributed by atoms with Gasteiger partial charge in [-0.2, -0.15) is 0 Å². The largest absolute Gasteiger partial charge is 0.421 e. The average Bonchev–Trinajstić information content (AvgIpc) is 2.27. The summed E-state index contributed by atoms with van der Waals surface area (Å²) < 4.78 is 9.93. The van der Waals surface area contributed by atoms with Crippen LogP contribution >= 0.6 is 0 Å². The quantitative estimate of drug-likeness (QED) is 0.609. The summed E-state index contributed by atoms with van der Waals surface area (Å²) in [6, 6.07) is 7.46. The average molecular weight is 250 g/mol. The molecule has 0 aliphatic rings. The maximum Gasteiger partial charge on any atom is 0.305 e. The Morgan fingerprint density at radius 3 is 1.61 bits per heavy atom. The second-order valence-electron chi connectivity index (χ2n) is 4.37. The van der Waals surface area contributed by atoms with Crippen LogP contribution in [0.4, 0.5) is 0 Å². The zero-order valence-corrected chi connectivity index (χ0v) is 11.1. The van der Waals surface area contributed by atoms with Crippen LogP contribution in [0.2, 0.25) is 0 Å². The standard InChI is InChI=1S/C14H18O4/c1-9(2)12-5-7-13(8-6-12)14(17-10(3)15)18-11(4)16/h5-9,14H,1-4H3. The summed E-state index contributed by atoms with van der Waals surface area (Å²) in [6.45, 7) is 6.73. The van der Waals surface area contributed by atoms with E-state index >= 15 is 0 Å². The van der Waals surface area contributed by atoms with Gasteiger partial charge in [0.2, 0.25) is 0 Å². The van der Waals surface area contributed by atoms with E-state index in [2.05, 4.69) is 13.8 Å². The normalized spacial score (nSPS) is 10.6. The van der Waals surface area contributed by atoms with Crippen LogP contribution < -0.4 is 0 Å². The zero-order valence-electron chi connectivity index (χ0n) is 11.1. The van der Waals surface area contributed by atoms with Crippen molar-refractivity contribution in [1.82, 2.24) is 0 Å². The first-order valence-corrected chi connectivity index (χ1v) is 5.84. The first-order chi connectivity index (χ1) is 8.40. The third kappa shape index (κ3) is 4.20. The van der Waals surface area contributed by atoms with Crippen molar-refractivity contribution in [3.05, 3.63) is 35.4 Å². The van der Waals surface area contributed by atoms with Crippen molar-refractivity contribution in [2.24, 2.45) is 0 Å². The van der Waals surface area contributed by atoms with Gasteiger partial charge in [-0.15, -0.1) is 0 Å². The first-order valence-electron chi connectivity index (χ1n) is 5.84. The molecule has 1 aromatic carbocycles. The highest BCUT2D eigenvalue weighted by atomic mass is 16.7. The van der Waals surface area contributed by atoms with Gasteiger partial charge in [0.1, 0.15) is 0 Å². The number of carbonyl (C=O) groups is 2. The van der Waals surface area contributed by atoms with E-state index < -0.39 is 18.2 Å². The van der Waals surface area contributed by atoms with E-state index in [1.807, 2.05) is 12.1 Å². The molecule has 0 bridgehead atoms. The molecular formula is C14H18O4. The smallest absolute Gasteiger partial charge is 0.305 e. The minimum Gasteiger partial charge on any atom is -0.421 e. The lowest BCUT2D eigenvalue weighted by Gasteiger charge is -2.17. The maximum atomic E-state index is 11.0. The highest BCUT2D eigenvalue weighted by Crippen LogP contribution is 2.22. The Labute approximate surface area is 107 Å². The summed E-state index contributed by atoms with van der Waals surface area (Å²) >= 11 is 0. The van der Waals surface area contributed by atoms with Crippen molar-refractivity contribution >= 4 is 11.9 Å². The molecule has 0 N–H and O–H groups in total. The van der Waals surface area contributed by atoms with E-state index in [9.17, 15) is 9.59 Å². The molecule has 0 atom stereocenters. The molecule has 4 nitrogen and oxygen atoms in total. The van der Waals surface area contributed by atoms with Crippen molar-refractivity contribution in [1.29, 1.82) is 0 Å². The highest BCUT2D eigenvalue weighted by molar-refractivity contribution is 5.68. The van der Waals surface area contributed by atoms with Crippen LogP contribution in [-0.4, -0.2) is 11.9 Å². The fourth-order valence-electron chi connectivity index (χ4n) is 1.50. The Balaban J connectivity index is 2.90. The van der Waals surface area contributed by atoms with E-state index in [4.69, 9.17) is 9.47 Å². The van der Waals surface area contributed by atoms with E-state index in [0.29, 0.717) is 11.5 Å². The fraction of sp³-hybridized carbons (Fsp3) is 0.429. The van der Waals surface area contributed by atoms with Gasteiger partial charge < -0.3 is 9.47 Å². The summed E-state index contributed by atoms with van der Waals surface area (Å²) in [6.07, 6.45) is -0.971. The van der Waals surface area contributed by atoms with Crippen LogP contribution in [0, 0.1) is 0 Å². The number of benzene rings is 1. The summed E-state index contributed by atoms with van der Waals surface area (Å²) in [5.74, 6) is -0.566. The molecule has 0 saturated carbocycles. The van der Waals surface area contributed by atoms with E-state index in [1.165, 1.54) is 19.4 Å². The van der Waals surface area contributed by atoms with E-state index in [0.717, 1.165) is 0 Å². The molecule has 0 radical (unpaired) electrons. The third-order valence-electron chi connectivity index (χ3n) is 2.42. The number of rotatable bonds is 4. The Morgan fingerprint density at radius 2 is 1.28 bits per heavy atom. The molecule has 1 aromatic rings. The van der Waals surface area contributed by atoms with Gasteiger partial charge >= 0.3 is 11.9 Å². The molecule has 0 aliphatic heterocycles. The van der Waals surface area contributed by atoms with Crippen molar-refractivity contribution in [2.75, 3.05) is 0 Å². The predicted molar refractivity (Wildman–Crippen MR) is 66.8 cm³/mol. The molecule has 0 spiro atoms. The summed E-state index contributed by atoms with van der Waals surface area (Å²) in [5, 5.41) is 0. The van der Waals surface area contributed by atoms with Gasteiger partial charge in [-0.3, -0.25) is 9.59 Å². The van der Waals surface area contributed by atoms with Crippen LogP contribution in [0.15, 0.2) is 24.3 Å². The van der Waals surface area contributed by atoms with Crippen LogP contribution in [0.1, 0.15) is 51.0 Å². The molecule has 0 aliphatic carbocycles. The Morgan fingerprint density at radius 1 is 0.889 bits per heavy atom. The van der Waals surface area contributed by atoms with Gasteiger partial charge in [0.15, 0.2) is 0 Å². The molecule has 0 heterocycles. The minimum atomic E-state index is -0.971. The predicted octanol–water partition coefficient (Wildman–Crippen LogP) is 2.93. The molecule has 0 unspecified atom stereocenters. The summed E-state index contributed by atoms with van der Waals surface area (Å²) in [4.78, 5) is 21.9. The van der Waals surface area contributed by atoms with Crippen molar-refractivity contribution in [3.63, 3.8) is 0 Å². The van der Waals surface area contributed by atoms with Crippen molar-refractivity contribution in [2.45, 2.75) is 39.9 Å². The van der Waals surface area contributed by atoms with Crippen LogP contribution in [0.5, 0.6) is 0 Å². The third-order valence-corrected chi connectivity index (χ3v) is 2.42. The molecule has 98 valence electrons. The first kappa shape index (κ1) is 14.2. The minimum absolute atomic E-state index is 0.417. The molecule has 4 heteroatoms. The fourth-order valence-corrected chi connectivity index (χ4v) is 1.50. The number of hydrogen-bond donors (Lipinski definition) is 0. The Bertz CT molecular complexity index is 404. The molecular weight excluding hydrogens is 232 g/mol. The van der Waals surface area contributed by atoms with Crippen molar-refractivity contribution in [3.8, 4) is 0 Å². The van der Waals surface area contributed by atoms with E-state index in [1.54, 1.807) is 12.1 Å². The molecule has 0 saturated heterocycles. The van der Waals surface area contributed by atoms with Gasteiger partial charge in [-0.1, -0.05) is 38.1 Å². The lowest BCUT2D eigenvalue weighted by molar-refractivity contribution is -0.186. The SMILES string of the molecule is CC(=O)OC(OC(C)=O)c1ccc(C(C)C)cc1. The van der Waals surface area contributed by atoms with Crippen LogP contribution in [0.25, 0.3) is 0 Å². The van der Waals surface area contributed by atoms with Gasteiger partial charge in [-0.05, 0) is 11.5 Å². The number of ether oxygens (including phenoxy) is 2. The maximum absolute atomic E-state index is 11.0. The topological polar surface area (TPSA) is 52.6 Å². The zero-order chi connectivity index (χ0) is 13.7. The number of esters is 2. The van der Waals surface area contributed by atoms with Gasteiger partial charge in [0.25, 0.3) is 6.29 Å². The van der Waals surface area contributed by atoms with Crippen molar-refractivity contribution < 1.29 is 19.1 Å². The van der Waals surface area contributed by atoms with Gasteiger partial charge in [0.05, 0.1) is 0 Å². The molecule has 1 rings (SSSR count). The van der Waals surface area contributed by atoms with Gasteiger partial charge in [-0.25, -0.2) is 0 Å². The van der Waals surface area contributed by atoms with Crippen LogP contribution in [0.3, 0.4) is 0 Å². The van der Waals surface area contributed by atoms with Gasteiger partial charge in [0, 0.05) is 19.4 Å². The number of hydrogen-bond acceptors (Lipinski definition) is 4. The second-order valence-corrected chi connectivity index (χ2v) is 4.37. The molecule has 0 aromatic heterocycles. The number of carbonyl (C=O) groups excluding carboxylic acids is 2. The van der Waals surface area contributed by atoms with E-state index in [-0.39, 0.29) is 0 Å².